The van der Waals surface area contributed by atoms with Crippen LogP contribution >= 0.6 is 11.6 Å². The minimum Gasteiger partial charge on any atom is -0.349 e. The van der Waals surface area contributed by atoms with E-state index >= 15 is 0 Å². The Balaban J connectivity index is 1.84. The van der Waals surface area contributed by atoms with Crippen LogP contribution in [0, 0.1) is 12.8 Å². The van der Waals surface area contributed by atoms with Crippen molar-refractivity contribution in [2.45, 2.75) is 38.6 Å². The summed E-state index contributed by atoms with van der Waals surface area (Å²) in [4.78, 5) is 16.4. The topological polar surface area (TPSA) is 85.4 Å². The van der Waals surface area contributed by atoms with Gasteiger partial charge in [0.2, 0.25) is 0 Å². The molecule has 2 rings (SSSR count). The standard InChI is InChI=1S/C15H21ClN2O4S/c1-10-14(7-12(16)8-17-10)15(19)18-13-5-3-11(4-6-13)9-22-23(2,20)21/h7-8,11,13H,3-6,9H2,1-2H3,(H,18,19). The van der Waals surface area contributed by atoms with E-state index in [0.717, 1.165) is 31.9 Å². The number of carbonyl (C=O) groups excluding carboxylic acids is 1. The Kier molecular flexibility index (Phi) is 6.00. The van der Waals surface area contributed by atoms with Gasteiger partial charge in [-0.15, -0.1) is 0 Å². The Morgan fingerprint density at radius 3 is 2.65 bits per heavy atom. The summed E-state index contributed by atoms with van der Waals surface area (Å²) < 4.78 is 26.9. The molecular weight excluding hydrogens is 340 g/mol. The van der Waals surface area contributed by atoms with Gasteiger partial charge >= 0.3 is 0 Å². The van der Waals surface area contributed by atoms with Crippen LogP contribution in [0.2, 0.25) is 5.02 Å². The van der Waals surface area contributed by atoms with E-state index in [9.17, 15) is 13.2 Å². The van der Waals surface area contributed by atoms with Crippen molar-refractivity contribution in [2.75, 3.05) is 12.9 Å². The lowest BCUT2D eigenvalue weighted by molar-refractivity contribution is 0.0916. The predicted molar refractivity (Wildman–Crippen MR) is 88.0 cm³/mol. The van der Waals surface area contributed by atoms with Gasteiger partial charge in [-0.1, -0.05) is 11.6 Å². The highest BCUT2D eigenvalue weighted by Crippen LogP contribution is 2.25. The minimum absolute atomic E-state index is 0.0790. The van der Waals surface area contributed by atoms with Crippen LogP contribution in [0.4, 0.5) is 0 Å². The maximum absolute atomic E-state index is 12.3. The first-order valence-corrected chi connectivity index (χ1v) is 9.71. The first-order chi connectivity index (χ1) is 10.7. The predicted octanol–water partition coefficient (Wildman–Crippen LogP) is 2.31. The molecule has 8 heteroatoms. The van der Waals surface area contributed by atoms with Gasteiger partial charge in [-0.2, -0.15) is 8.42 Å². The first kappa shape index (κ1) is 18.2. The fraction of sp³-hybridized carbons (Fsp3) is 0.600. The second-order valence-electron chi connectivity index (χ2n) is 5.97. The third kappa shape index (κ3) is 5.75. The van der Waals surface area contributed by atoms with Crippen LogP contribution in [0.25, 0.3) is 0 Å². The van der Waals surface area contributed by atoms with Crippen molar-refractivity contribution in [1.29, 1.82) is 0 Å². The Morgan fingerprint density at radius 1 is 1.39 bits per heavy atom. The van der Waals surface area contributed by atoms with Crippen LogP contribution in [0.5, 0.6) is 0 Å². The molecule has 0 aliphatic heterocycles. The Hall–Kier alpha value is -1.18. The molecule has 0 unspecified atom stereocenters. The van der Waals surface area contributed by atoms with E-state index in [1.807, 2.05) is 0 Å². The molecule has 0 atom stereocenters. The van der Waals surface area contributed by atoms with Gasteiger partial charge in [0.1, 0.15) is 0 Å². The zero-order valence-corrected chi connectivity index (χ0v) is 14.8. The van der Waals surface area contributed by atoms with E-state index in [2.05, 4.69) is 10.3 Å². The van der Waals surface area contributed by atoms with Gasteiger partial charge in [0, 0.05) is 12.2 Å². The SMILES string of the molecule is Cc1ncc(Cl)cc1C(=O)NC1CCC(COS(C)(=O)=O)CC1. The van der Waals surface area contributed by atoms with Crippen LogP contribution in [-0.4, -0.2) is 38.2 Å². The van der Waals surface area contributed by atoms with Gasteiger partial charge in [-0.3, -0.25) is 14.0 Å². The molecule has 1 aliphatic rings. The summed E-state index contributed by atoms with van der Waals surface area (Å²) in [6.07, 6.45) is 5.83. The molecule has 0 radical (unpaired) electrons. The van der Waals surface area contributed by atoms with Gasteiger partial charge in [0.15, 0.2) is 0 Å². The number of aryl methyl sites for hydroxylation is 1. The van der Waals surface area contributed by atoms with Crippen LogP contribution < -0.4 is 5.32 Å². The number of nitrogens with one attached hydrogen (secondary N) is 1. The largest absolute Gasteiger partial charge is 0.349 e. The molecule has 1 aromatic rings. The van der Waals surface area contributed by atoms with Gasteiger partial charge in [0.25, 0.3) is 16.0 Å². The summed E-state index contributed by atoms with van der Waals surface area (Å²) >= 11 is 5.89. The number of amides is 1. The summed E-state index contributed by atoms with van der Waals surface area (Å²) in [7, 11) is -3.39. The first-order valence-electron chi connectivity index (χ1n) is 7.52. The van der Waals surface area contributed by atoms with Crippen LogP contribution in [0.3, 0.4) is 0 Å². The quantitative estimate of drug-likeness (QED) is 0.814. The van der Waals surface area contributed by atoms with Crippen molar-refractivity contribution in [3.63, 3.8) is 0 Å². The summed E-state index contributed by atoms with van der Waals surface area (Å²) in [6, 6.07) is 1.69. The molecule has 23 heavy (non-hydrogen) atoms. The molecule has 1 aromatic heterocycles. The average Bonchev–Trinajstić information content (AvgIpc) is 2.48. The number of hydrogen-bond donors (Lipinski definition) is 1. The number of pyridine rings is 1. The molecule has 0 saturated heterocycles. The lowest BCUT2D eigenvalue weighted by Gasteiger charge is -2.28. The molecular formula is C15H21ClN2O4S. The Bertz CT molecular complexity index is 670. The van der Waals surface area contributed by atoms with Gasteiger partial charge in [0.05, 0.1) is 29.1 Å². The second kappa shape index (κ2) is 7.59. The van der Waals surface area contributed by atoms with Crippen molar-refractivity contribution in [3.8, 4) is 0 Å². The molecule has 0 spiro atoms. The van der Waals surface area contributed by atoms with E-state index in [4.69, 9.17) is 15.8 Å². The molecule has 0 bridgehead atoms. The number of aromatic nitrogens is 1. The van der Waals surface area contributed by atoms with Crippen molar-refractivity contribution >= 4 is 27.6 Å². The summed E-state index contributed by atoms with van der Waals surface area (Å²) in [5.74, 6) is 0.0424. The highest BCUT2D eigenvalue weighted by molar-refractivity contribution is 7.85. The van der Waals surface area contributed by atoms with Gasteiger partial charge in [-0.05, 0) is 44.6 Å². The maximum Gasteiger partial charge on any atom is 0.264 e. The van der Waals surface area contributed by atoms with E-state index in [0.29, 0.717) is 16.3 Å². The Morgan fingerprint density at radius 2 is 2.04 bits per heavy atom. The zero-order valence-electron chi connectivity index (χ0n) is 13.2. The lowest BCUT2D eigenvalue weighted by atomic mass is 9.86. The van der Waals surface area contributed by atoms with E-state index in [1.54, 1.807) is 13.0 Å². The molecule has 128 valence electrons. The van der Waals surface area contributed by atoms with Crippen molar-refractivity contribution < 1.29 is 17.4 Å². The number of halogens is 1. The van der Waals surface area contributed by atoms with Crippen LogP contribution in [0.15, 0.2) is 12.3 Å². The fourth-order valence-corrected chi connectivity index (χ4v) is 3.29. The van der Waals surface area contributed by atoms with E-state index in [-0.39, 0.29) is 24.5 Å². The summed E-state index contributed by atoms with van der Waals surface area (Å²) in [5, 5.41) is 3.43. The maximum atomic E-state index is 12.3. The zero-order chi connectivity index (χ0) is 17.0. The molecule has 1 fully saturated rings. The van der Waals surface area contributed by atoms with Gasteiger partial charge < -0.3 is 5.32 Å². The van der Waals surface area contributed by atoms with Crippen molar-refractivity contribution in [3.05, 3.63) is 28.5 Å². The van der Waals surface area contributed by atoms with E-state index in [1.165, 1.54) is 6.20 Å². The highest BCUT2D eigenvalue weighted by Gasteiger charge is 2.24. The van der Waals surface area contributed by atoms with Crippen LogP contribution in [-0.2, 0) is 14.3 Å². The molecule has 1 heterocycles. The smallest absolute Gasteiger partial charge is 0.264 e. The normalized spacial score (nSPS) is 21.9. The molecule has 6 nitrogen and oxygen atoms in total. The summed E-state index contributed by atoms with van der Waals surface area (Å²) in [5.41, 5.74) is 1.13. The molecule has 1 aliphatic carbocycles. The van der Waals surface area contributed by atoms with Crippen molar-refractivity contribution in [1.82, 2.24) is 10.3 Å². The molecule has 1 saturated carbocycles. The monoisotopic (exact) mass is 360 g/mol. The number of hydrogen-bond acceptors (Lipinski definition) is 5. The van der Waals surface area contributed by atoms with Crippen molar-refractivity contribution in [2.24, 2.45) is 5.92 Å². The Labute approximate surface area is 141 Å². The number of rotatable bonds is 5. The average molecular weight is 361 g/mol. The minimum atomic E-state index is -3.39. The third-order valence-electron chi connectivity index (χ3n) is 4.00. The summed E-state index contributed by atoms with van der Waals surface area (Å²) in [6.45, 7) is 1.99. The van der Waals surface area contributed by atoms with Gasteiger partial charge in [-0.25, -0.2) is 0 Å². The molecule has 1 amide bonds. The third-order valence-corrected chi connectivity index (χ3v) is 4.77. The number of nitrogens with zero attached hydrogens (tertiary/aromatic N) is 1. The number of carbonyl (C=O) groups is 1. The second-order valence-corrected chi connectivity index (χ2v) is 8.05. The highest BCUT2D eigenvalue weighted by atomic mass is 35.5. The molecule has 1 N–H and O–H groups in total. The lowest BCUT2D eigenvalue weighted by Crippen LogP contribution is -2.38. The molecule has 0 aromatic carbocycles. The fourth-order valence-electron chi connectivity index (χ4n) is 2.69. The van der Waals surface area contributed by atoms with E-state index < -0.39 is 10.1 Å². The van der Waals surface area contributed by atoms with Crippen LogP contribution in [0.1, 0.15) is 41.7 Å².